The van der Waals surface area contributed by atoms with Gasteiger partial charge in [-0.05, 0) is 26.0 Å². The minimum atomic E-state index is 0.650. The van der Waals surface area contributed by atoms with Crippen LogP contribution in [0, 0.1) is 13.8 Å². The molecular weight excluding hydrogens is 314 g/mol. The molecule has 4 rings (SSSR count). The predicted octanol–water partition coefficient (Wildman–Crippen LogP) is 3.24. The molecule has 0 saturated heterocycles. The first-order valence-corrected chi connectivity index (χ1v) is 7.79. The van der Waals surface area contributed by atoms with Crippen LogP contribution in [0.2, 0.25) is 0 Å². The maximum Gasteiger partial charge on any atom is 0.158 e. The average Bonchev–Trinajstić information content (AvgIpc) is 2.63. The summed E-state index contributed by atoms with van der Waals surface area (Å²) in [6.07, 6.45) is 8.55. The van der Waals surface area contributed by atoms with E-state index in [0.29, 0.717) is 17.5 Å². The number of rotatable bonds is 3. The molecule has 0 aliphatic heterocycles. The first kappa shape index (κ1) is 15.1. The molecule has 0 fully saturated rings. The molecule has 7 heteroatoms. The van der Waals surface area contributed by atoms with Gasteiger partial charge in [0.15, 0.2) is 5.82 Å². The van der Waals surface area contributed by atoms with E-state index in [2.05, 4.69) is 35.2 Å². The molecule has 0 aliphatic carbocycles. The van der Waals surface area contributed by atoms with E-state index in [4.69, 9.17) is 0 Å². The number of pyridine rings is 2. The Morgan fingerprint density at radius 2 is 1.72 bits per heavy atom. The molecule has 0 amide bonds. The van der Waals surface area contributed by atoms with Crippen LogP contribution in [0.15, 0.2) is 49.3 Å². The summed E-state index contributed by atoms with van der Waals surface area (Å²) in [4.78, 5) is 25.9. The Morgan fingerprint density at radius 3 is 2.52 bits per heavy atom. The van der Waals surface area contributed by atoms with Gasteiger partial charge in [-0.15, -0.1) is 0 Å². The van der Waals surface area contributed by atoms with E-state index in [1.165, 1.54) is 6.33 Å². The van der Waals surface area contributed by atoms with Gasteiger partial charge in [0.2, 0.25) is 0 Å². The summed E-state index contributed by atoms with van der Waals surface area (Å²) in [6, 6.07) is 5.82. The average molecular weight is 329 g/mol. The summed E-state index contributed by atoms with van der Waals surface area (Å²) in [5.74, 6) is 2.02. The van der Waals surface area contributed by atoms with E-state index in [0.717, 1.165) is 27.7 Å². The van der Waals surface area contributed by atoms with Crippen LogP contribution in [0.4, 0.5) is 11.6 Å². The SMILES string of the molecule is Cc1ccc2c(-c3cncnc3)cnc(Nc3ccnc(C)n3)c2n1. The Labute approximate surface area is 144 Å². The van der Waals surface area contributed by atoms with Gasteiger partial charge in [-0.3, -0.25) is 0 Å². The molecule has 0 unspecified atom stereocenters. The quantitative estimate of drug-likeness (QED) is 0.617. The number of hydrogen-bond acceptors (Lipinski definition) is 7. The van der Waals surface area contributed by atoms with Crippen molar-refractivity contribution >= 4 is 22.5 Å². The lowest BCUT2D eigenvalue weighted by Crippen LogP contribution is -2.01. The van der Waals surface area contributed by atoms with E-state index in [1.807, 2.05) is 26.0 Å². The zero-order valence-corrected chi connectivity index (χ0v) is 13.8. The van der Waals surface area contributed by atoms with Crippen LogP contribution in [0.25, 0.3) is 22.0 Å². The summed E-state index contributed by atoms with van der Waals surface area (Å²) in [7, 11) is 0. The van der Waals surface area contributed by atoms with Crippen LogP contribution in [0.1, 0.15) is 11.5 Å². The number of nitrogens with one attached hydrogen (secondary N) is 1. The van der Waals surface area contributed by atoms with Gasteiger partial charge in [-0.1, -0.05) is 6.07 Å². The van der Waals surface area contributed by atoms with Crippen molar-refractivity contribution in [3.05, 3.63) is 60.8 Å². The van der Waals surface area contributed by atoms with Crippen LogP contribution in [0.3, 0.4) is 0 Å². The third kappa shape index (κ3) is 2.99. The normalized spacial score (nSPS) is 10.8. The Kier molecular flexibility index (Phi) is 3.74. The molecule has 0 aliphatic rings. The fraction of sp³-hybridized carbons (Fsp3) is 0.111. The Bertz CT molecular complexity index is 1050. The summed E-state index contributed by atoms with van der Waals surface area (Å²) in [5.41, 5.74) is 3.53. The van der Waals surface area contributed by atoms with Crippen LogP contribution in [-0.2, 0) is 0 Å². The summed E-state index contributed by atoms with van der Waals surface area (Å²) in [5, 5.41) is 4.21. The molecular formula is C18H15N7. The van der Waals surface area contributed by atoms with Gasteiger partial charge in [-0.25, -0.2) is 29.9 Å². The van der Waals surface area contributed by atoms with Crippen LogP contribution in [-0.4, -0.2) is 29.9 Å². The lowest BCUT2D eigenvalue weighted by molar-refractivity contribution is 1.05. The van der Waals surface area contributed by atoms with Crippen molar-refractivity contribution in [3.8, 4) is 11.1 Å². The molecule has 7 nitrogen and oxygen atoms in total. The summed E-state index contributed by atoms with van der Waals surface area (Å²) in [6.45, 7) is 3.80. The van der Waals surface area contributed by atoms with E-state index in [1.54, 1.807) is 30.9 Å². The molecule has 1 N–H and O–H groups in total. The largest absolute Gasteiger partial charge is 0.323 e. The zero-order valence-electron chi connectivity index (χ0n) is 13.8. The van der Waals surface area contributed by atoms with E-state index < -0.39 is 0 Å². The number of aromatic nitrogens is 6. The van der Waals surface area contributed by atoms with Crippen LogP contribution >= 0.6 is 0 Å². The van der Waals surface area contributed by atoms with Gasteiger partial charge in [0.1, 0.15) is 23.5 Å². The highest BCUT2D eigenvalue weighted by molar-refractivity contribution is 5.99. The Hall–Kier alpha value is -3.48. The Balaban J connectivity index is 1.88. The third-order valence-electron chi connectivity index (χ3n) is 3.77. The monoisotopic (exact) mass is 329 g/mol. The minimum absolute atomic E-state index is 0.650. The van der Waals surface area contributed by atoms with Crippen molar-refractivity contribution in [1.82, 2.24) is 29.9 Å². The molecule has 0 radical (unpaired) electrons. The van der Waals surface area contributed by atoms with E-state index in [-0.39, 0.29) is 0 Å². The van der Waals surface area contributed by atoms with Gasteiger partial charge in [-0.2, -0.15) is 0 Å². The van der Waals surface area contributed by atoms with E-state index >= 15 is 0 Å². The Morgan fingerprint density at radius 1 is 0.880 bits per heavy atom. The topological polar surface area (TPSA) is 89.4 Å². The second-order valence-corrected chi connectivity index (χ2v) is 5.61. The minimum Gasteiger partial charge on any atom is -0.323 e. The van der Waals surface area contributed by atoms with Gasteiger partial charge in [0.25, 0.3) is 0 Å². The van der Waals surface area contributed by atoms with Gasteiger partial charge in [0, 0.05) is 47.0 Å². The first-order valence-electron chi connectivity index (χ1n) is 7.79. The highest BCUT2D eigenvalue weighted by Gasteiger charge is 2.12. The van der Waals surface area contributed by atoms with Crippen molar-refractivity contribution < 1.29 is 0 Å². The number of aryl methyl sites for hydroxylation is 2. The molecule has 4 aromatic rings. The highest BCUT2D eigenvalue weighted by Crippen LogP contribution is 2.31. The van der Waals surface area contributed by atoms with Crippen molar-refractivity contribution in [1.29, 1.82) is 0 Å². The van der Waals surface area contributed by atoms with Crippen molar-refractivity contribution in [2.24, 2.45) is 0 Å². The van der Waals surface area contributed by atoms with Gasteiger partial charge < -0.3 is 5.32 Å². The molecule has 0 saturated carbocycles. The van der Waals surface area contributed by atoms with Gasteiger partial charge >= 0.3 is 0 Å². The summed E-state index contributed by atoms with van der Waals surface area (Å²) >= 11 is 0. The van der Waals surface area contributed by atoms with E-state index in [9.17, 15) is 0 Å². The zero-order chi connectivity index (χ0) is 17.2. The summed E-state index contributed by atoms with van der Waals surface area (Å²) < 4.78 is 0. The molecule has 4 heterocycles. The standard InChI is InChI=1S/C18H15N7/c1-11-3-4-14-15(13-7-19-10-20-8-13)9-22-18(17(14)23-11)25-16-5-6-21-12(2)24-16/h3-10H,1-2H3,(H,21,22,24,25). The molecule has 0 bridgehead atoms. The number of nitrogens with zero attached hydrogens (tertiary/aromatic N) is 6. The fourth-order valence-electron chi connectivity index (χ4n) is 2.62. The maximum absolute atomic E-state index is 4.67. The van der Waals surface area contributed by atoms with Crippen LogP contribution in [0.5, 0.6) is 0 Å². The molecule has 122 valence electrons. The van der Waals surface area contributed by atoms with Crippen molar-refractivity contribution in [2.45, 2.75) is 13.8 Å². The fourth-order valence-corrected chi connectivity index (χ4v) is 2.62. The number of hydrogen-bond donors (Lipinski definition) is 1. The van der Waals surface area contributed by atoms with Crippen molar-refractivity contribution in [2.75, 3.05) is 5.32 Å². The molecule has 0 aromatic carbocycles. The molecule has 0 spiro atoms. The lowest BCUT2D eigenvalue weighted by atomic mass is 10.1. The van der Waals surface area contributed by atoms with Crippen molar-refractivity contribution in [3.63, 3.8) is 0 Å². The van der Waals surface area contributed by atoms with Crippen LogP contribution < -0.4 is 5.32 Å². The number of anilines is 2. The highest BCUT2D eigenvalue weighted by atomic mass is 15.1. The second kappa shape index (κ2) is 6.20. The lowest BCUT2D eigenvalue weighted by Gasteiger charge is -2.11. The maximum atomic E-state index is 4.67. The molecule has 4 aromatic heterocycles. The van der Waals surface area contributed by atoms with Gasteiger partial charge in [0.05, 0.1) is 0 Å². The smallest absolute Gasteiger partial charge is 0.158 e. The second-order valence-electron chi connectivity index (χ2n) is 5.61. The predicted molar refractivity (Wildman–Crippen MR) is 95.4 cm³/mol. The molecule has 25 heavy (non-hydrogen) atoms. The number of fused-ring (bicyclic) bond motifs is 1. The third-order valence-corrected chi connectivity index (χ3v) is 3.77. The molecule has 0 atom stereocenters. The first-order chi connectivity index (χ1) is 12.2.